The number of benzene rings is 18. The highest BCUT2D eigenvalue weighted by molar-refractivity contribution is 14.1. The molecule has 4 nitrogen and oxygen atoms in total. The number of fused-ring (bicyclic) bond motifs is 22. The van der Waals surface area contributed by atoms with Gasteiger partial charge in [-0.05, 0) is 204 Å². The van der Waals surface area contributed by atoms with Crippen LogP contribution < -0.4 is 4.65 Å². The van der Waals surface area contributed by atoms with E-state index in [0.717, 1.165) is 23.8 Å². The second-order valence-electron chi connectivity index (χ2n) is 26.6. The fourth-order valence-electron chi connectivity index (χ4n) is 16.9. The molecular weight excluding hydrogens is 1350 g/mol. The van der Waals surface area contributed by atoms with Crippen molar-refractivity contribution in [3.8, 4) is 95.0 Å². The van der Waals surface area contributed by atoms with E-state index in [0.29, 0.717) is 5.75 Å². The van der Waals surface area contributed by atoms with Crippen LogP contribution in [0, 0.1) is 3.57 Å². The smallest absolute Gasteiger partial charge is 0.537 e. The maximum atomic E-state index is 9.15. The first-order chi connectivity index (χ1) is 50.5. The van der Waals surface area contributed by atoms with Crippen molar-refractivity contribution in [2.24, 2.45) is 0 Å². The van der Waals surface area contributed by atoms with E-state index in [-0.39, 0.29) is 0 Å². The maximum absolute atomic E-state index is 9.15. The summed E-state index contributed by atoms with van der Waals surface area (Å²) in [6, 6.07) is 128. The summed E-state index contributed by atoms with van der Waals surface area (Å²) in [6.45, 7) is 0. The third kappa shape index (κ3) is 9.47. The molecule has 2 aliphatic heterocycles. The first kappa shape index (κ1) is 59.7. The summed E-state index contributed by atoms with van der Waals surface area (Å²) >= 11 is 2.41. The summed E-state index contributed by atoms with van der Waals surface area (Å²) in [5.41, 5.74) is 25.2. The first-order valence-electron chi connectivity index (χ1n) is 34.7. The van der Waals surface area contributed by atoms with E-state index < -0.39 is 0 Å². The Morgan fingerprint density at radius 3 is 1.12 bits per heavy atom. The summed E-state index contributed by atoms with van der Waals surface area (Å²) in [5.74, 6) is 0.641. The maximum Gasteiger partial charge on any atom is 0.569 e. The van der Waals surface area contributed by atoms with Gasteiger partial charge in [-0.15, -0.1) is 0 Å². The Morgan fingerprint density at radius 2 is 0.598 bits per heavy atom. The van der Waals surface area contributed by atoms with E-state index in [2.05, 4.69) is 365 Å². The van der Waals surface area contributed by atoms with Crippen LogP contribution >= 0.6 is 22.6 Å². The van der Waals surface area contributed by atoms with Crippen molar-refractivity contribution >= 4 is 139 Å². The third-order valence-corrected chi connectivity index (χ3v) is 21.9. The van der Waals surface area contributed by atoms with Gasteiger partial charge in [0.15, 0.2) is 0 Å². The van der Waals surface area contributed by atoms with Gasteiger partial charge in [0.2, 0.25) is 0 Å². The van der Waals surface area contributed by atoms with Gasteiger partial charge in [0, 0.05) is 52.8 Å². The molecule has 2 aliphatic rings. The third-order valence-electron chi connectivity index (χ3n) is 21.2. The van der Waals surface area contributed by atoms with Crippen LogP contribution in [0.25, 0.3) is 198 Å². The molecule has 0 amide bonds. The van der Waals surface area contributed by atoms with Crippen LogP contribution in [0.15, 0.2) is 352 Å². The van der Waals surface area contributed by atoms with Crippen LogP contribution in [0.3, 0.4) is 0 Å². The van der Waals surface area contributed by atoms with Gasteiger partial charge in [-0.3, -0.25) is 0 Å². The molecule has 6 heteroatoms. The summed E-state index contributed by atoms with van der Waals surface area (Å²) in [7, 11) is 0.736. The van der Waals surface area contributed by atoms with Crippen LogP contribution in [-0.2, 0) is 0 Å². The predicted molar refractivity (Wildman–Crippen MR) is 440 cm³/mol. The Hall–Kier alpha value is -12.3. The first-order valence-corrected chi connectivity index (χ1v) is 35.8. The lowest BCUT2D eigenvalue weighted by Crippen LogP contribution is -2.00. The second kappa shape index (κ2) is 24.2. The topological polar surface area (TPSA) is 39.3 Å². The molecule has 0 spiro atoms. The Morgan fingerprint density at radius 1 is 0.245 bits per heavy atom. The zero-order valence-electron chi connectivity index (χ0n) is 55.2. The lowest BCUT2D eigenvalue weighted by Gasteiger charge is -2.20. The van der Waals surface area contributed by atoms with E-state index in [1.807, 2.05) is 18.2 Å². The molecular formula is C96H59BIN2O2. The van der Waals surface area contributed by atoms with Gasteiger partial charge in [-0.1, -0.05) is 285 Å². The molecule has 102 heavy (non-hydrogen) atoms. The fraction of sp³-hybridized carbons (Fsp3) is 0. The zero-order valence-corrected chi connectivity index (χ0v) is 57.3. The number of rotatable bonds is 5. The van der Waals surface area contributed by atoms with Crippen molar-refractivity contribution in [1.82, 2.24) is 9.13 Å². The average molecular weight is 1410 g/mol. The van der Waals surface area contributed by atoms with Crippen molar-refractivity contribution < 1.29 is 9.68 Å². The Bertz CT molecular complexity index is 6820. The number of halogens is 1. The van der Waals surface area contributed by atoms with E-state index in [1.54, 1.807) is 0 Å². The lowest BCUT2D eigenvalue weighted by molar-refractivity contribution is 0.457. The molecule has 0 saturated heterocycles. The normalized spacial score (nSPS) is 11.8. The van der Waals surface area contributed by atoms with Gasteiger partial charge in [0.25, 0.3) is 0 Å². The van der Waals surface area contributed by atoms with E-state index in [1.165, 1.54) is 185 Å². The largest absolute Gasteiger partial charge is 0.569 e. The van der Waals surface area contributed by atoms with Crippen molar-refractivity contribution in [1.29, 1.82) is 0 Å². The van der Waals surface area contributed by atoms with Gasteiger partial charge in [0.05, 0.1) is 33.4 Å². The molecule has 18 aromatic carbocycles. The molecule has 475 valence electrons. The number of hydrogen-bond acceptors (Lipinski definition) is 2. The predicted octanol–water partition coefficient (Wildman–Crippen LogP) is 26.0. The van der Waals surface area contributed by atoms with E-state index in [9.17, 15) is 0 Å². The summed E-state index contributed by atoms with van der Waals surface area (Å²) in [4.78, 5) is 0. The zero-order chi connectivity index (χ0) is 67.5. The van der Waals surface area contributed by atoms with E-state index in [4.69, 9.17) is 9.68 Å². The van der Waals surface area contributed by atoms with Gasteiger partial charge in [0.1, 0.15) is 5.75 Å². The number of nitrogens with zero attached hydrogens (tertiary/aromatic N) is 2. The van der Waals surface area contributed by atoms with Crippen LogP contribution in [-0.4, -0.2) is 21.8 Å². The van der Waals surface area contributed by atoms with Crippen LogP contribution in [0.4, 0.5) is 0 Å². The minimum absolute atomic E-state index is 0.641. The van der Waals surface area contributed by atoms with Gasteiger partial charge in [-0.2, -0.15) is 0 Å². The van der Waals surface area contributed by atoms with E-state index >= 15 is 0 Å². The SMILES string of the molecule is Ic1ccc2c(c1)-c1ccccc1-c1cccc3c4ccccc4n-2c13.O[B]Oc1cccc2c(-c3ccc4ccccc4c3)c3ccccc3cc12.c1ccc2c(c1)-c1cc(-c3c4ccccc4c(-c4ccc5ccccc5c4)c4ccccc34)ccc1-n1c3ccccc3c3cccc-2c31. The molecule has 1 N–H and O–H groups in total. The molecule has 0 unspecified atom stereocenters. The van der Waals surface area contributed by atoms with Crippen molar-refractivity contribution in [2.75, 3.05) is 0 Å². The van der Waals surface area contributed by atoms with Crippen molar-refractivity contribution in [3.05, 3.63) is 355 Å². The van der Waals surface area contributed by atoms with Gasteiger partial charge >= 0.3 is 7.69 Å². The number of para-hydroxylation sites is 4. The molecule has 2 aromatic heterocycles. The Balaban J connectivity index is 0.000000111. The fourth-order valence-corrected chi connectivity index (χ4v) is 17.4. The van der Waals surface area contributed by atoms with Crippen molar-refractivity contribution in [2.45, 2.75) is 0 Å². The molecule has 0 saturated carbocycles. The Labute approximate surface area is 603 Å². The molecule has 22 rings (SSSR count). The summed E-state index contributed by atoms with van der Waals surface area (Å²) in [6.07, 6.45) is 0. The standard InChI is InChI=1S/C48H29N.C24H16BO2.C24H14IN/c1-2-13-31-28-32(25-24-30(31)12-1)46-37-17-5-7-19-39(37)47(40-20-8-6-18-38(40)46)33-26-27-45-43(29-33)35-15-4-3-14-34(35)41-21-11-22-42-36-16-9-10-23-44(36)49(45)48(41)42;26-25-27-23-11-5-10-21-22(23)15-18-8-3-4-9-20(18)24(21)19-13-12-16-6-1-2-7-17(16)14-19;25-15-12-13-23-21(14-15)17-7-2-1-6-16(17)19-9-5-10-20-18-8-3-4-11-22(18)26(23)24(19)20/h1-29H;1-15,26H;1-14H. The lowest BCUT2D eigenvalue weighted by atomic mass is 9.84. The molecule has 0 bridgehead atoms. The summed E-state index contributed by atoms with van der Waals surface area (Å²) < 4.78 is 11.6. The molecule has 20 aromatic rings. The molecule has 0 aliphatic carbocycles. The number of aromatic nitrogens is 2. The minimum atomic E-state index is 0.641. The van der Waals surface area contributed by atoms with Crippen LogP contribution in [0.1, 0.15) is 0 Å². The highest BCUT2D eigenvalue weighted by atomic mass is 127. The molecule has 0 atom stereocenters. The average Bonchev–Trinajstić information content (AvgIpc) is 1.44. The molecule has 1 radical (unpaired) electrons. The van der Waals surface area contributed by atoms with Gasteiger partial charge in [-0.25, -0.2) is 0 Å². The van der Waals surface area contributed by atoms with Gasteiger partial charge < -0.3 is 18.8 Å². The highest BCUT2D eigenvalue weighted by Gasteiger charge is 2.28. The second-order valence-corrected chi connectivity index (χ2v) is 27.9. The molecule has 0 fully saturated rings. The minimum Gasteiger partial charge on any atom is -0.537 e. The Kier molecular flexibility index (Phi) is 14.2. The highest BCUT2D eigenvalue weighted by Crippen LogP contribution is 2.52. The summed E-state index contributed by atoms with van der Waals surface area (Å²) in [5, 5.41) is 28.8. The van der Waals surface area contributed by atoms with Crippen molar-refractivity contribution in [3.63, 3.8) is 0 Å². The quantitative estimate of drug-likeness (QED) is 0.106. The molecule has 4 heterocycles. The van der Waals surface area contributed by atoms with Crippen LogP contribution in [0.2, 0.25) is 0 Å². The van der Waals surface area contributed by atoms with Crippen LogP contribution in [0.5, 0.6) is 5.75 Å². The monoisotopic (exact) mass is 1410 g/mol. The number of hydrogen-bond donors (Lipinski definition) is 1.